The van der Waals surface area contributed by atoms with Gasteiger partial charge in [-0.3, -0.25) is 0 Å². The molecule has 0 saturated carbocycles. The van der Waals surface area contributed by atoms with Gasteiger partial charge in [-0.15, -0.1) is 0 Å². The van der Waals surface area contributed by atoms with Crippen molar-refractivity contribution in [3.05, 3.63) is 23.5 Å². The molecule has 0 radical (unpaired) electrons. The minimum absolute atomic E-state index is 0.178. The molecule has 1 rings (SSSR count). The van der Waals surface area contributed by atoms with Crippen LogP contribution in [0.1, 0.15) is 12.5 Å². The van der Waals surface area contributed by atoms with Crippen LogP contribution in [0.5, 0.6) is 11.5 Å². The topological polar surface area (TPSA) is 49.7 Å². The van der Waals surface area contributed by atoms with Gasteiger partial charge in [-0.2, -0.15) is 0 Å². The molecule has 0 bridgehead atoms. The van der Waals surface area contributed by atoms with Gasteiger partial charge >= 0.3 is 0 Å². The molecule has 1 atom stereocenters. The SMILES string of the molecule is COc1c(F)ccc(CC(C)O)c1O. The van der Waals surface area contributed by atoms with Gasteiger partial charge in [-0.1, -0.05) is 6.07 Å². The lowest BCUT2D eigenvalue weighted by molar-refractivity contribution is 0.194. The fourth-order valence-electron chi connectivity index (χ4n) is 1.26. The Labute approximate surface area is 81.8 Å². The monoisotopic (exact) mass is 200 g/mol. The molecule has 3 nitrogen and oxygen atoms in total. The lowest BCUT2D eigenvalue weighted by Gasteiger charge is -2.10. The van der Waals surface area contributed by atoms with Crippen LogP contribution in [0.4, 0.5) is 4.39 Å². The zero-order chi connectivity index (χ0) is 10.7. The summed E-state index contributed by atoms with van der Waals surface area (Å²) in [4.78, 5) is 0. The van der Waals surface area contributed by atoms with Crippen molar-refractivity contribution in [1.82, 2.24) is 0 Å². The normalized spacial score (nSPS) is 12.6. The van der Waals surface area contributed by atoms with Crippen LogP contribution >= 0.6 is 0 Å². The molecule has 1 aromatic rings. The molecular weight excluding hydrogens is 187 g/mol. The van der Waals surface area contributed by atoms with E-state index in [2.05, 4.69) is 0 Å². The molecule has 0 saturated heterocycles. The van der Waals surface area contributed by atoms with E-state index in [1.54, 1.807) is 6.92 Å². The smallest absolute Gasteiger partial charge is 0.196 e. The molecule has 78 valence electrons. The molecule has 14 heavy (non-hydrogen) atoms. The van der Waals surface area contributed by atoms with Gasteiger partial charge in [-0.05, 0) is 13.0 Å². The highest BCUT2D eigenvalue weighted by molar-refractivity contribution is 5.46. The number of phenolic OH excluding ortho intramolecular Hbond substituents is 1. The van der Waals surface area contributed by atoms with Gasteiger partial charge in [0.25, 0.3) is 0 Å². The summed E-state index contributed by atoms with van der Waals surface area (Å²) in [7, 11) is 1.28. The van der Waals surface area contributed by atoms with Gasteiger partial charge in [0.1, 0.15) is 0 Å². The van der Waals surface area contributed by atoms with Crippen LogP contribution in [0.15, 0.2) is 12.1 Å². The van der Waals surface area contributed by atoms with Crippen molar-refractivity contribution in [2.45, 2.75) is 19.4 Å². The largest absolute Gasteiger partial charge is 0.504 e. The van der Waals surface area contributed by atoms with Crippen molar-refractivity contribution in [3.63, 3.8) is 0 Å². The first-order chi connectivity index (χ1) is 6.56. The van der Waals surface area contributed by atoms with E-state index in [0.717, 1.165) is 0 Å². The van der Waals surface area contributed by atoms with Gasteiger partial charge in [-0.25, -0.2) is 4.39 Å². The Kier molecular flexibility index (Phi) is 3.30. The third kappa shape index (κ3) is 2.14. The van der Waals surface area contributed by atoms with E-state index in [1.807, 2.05) is 0 Å². The Balaban J connectivity index is 3.08. The first-order valence-electron chi connectivity index (χ1n) is 4.28. The van der Waals surface area contributed by atoms with Crippen molar-refractivity contribution in [2.24, 2.45) is 0 Å². The van der Waals surface area contributed by atoms with Crippen molar-refractivity contribution in [1.29, 1.82) is 0 Å². The van der Waals surface area contributed by atoms with Crippen molar-refractivity contribution in [3.8, 4) is 11.5 Å². The molecule has 1 aromatic carbocycles. The quantitative estimate of drug-likeness (QED) is 0.776. The molecule has 0 aliphatic rings. The summed E-state index contributed by atoms with van der Waals surface area (Å²) in [5.41, 5.74) is 0.471. The molecule has 0 aliphatic carbocycles. The summed E-state index contributed by atoms with van der Waals surface area (Å²) in [6.45, 7) is 1.59. The number of methoxy groups -OCH3 is 1. The summed E-state index contributed by atoms with van der Waals surface area (Å²) in [5.74, 6) is -1.03. The molecular formula is C10H13FO3. The standard InChI is InChI=1S/C10H13FO3/c1-6(12)5-7-3-4-8(11)10(14-2)9(7)13/h3-4,6,12-13H,5H2,1-2H3. The Morgan fingerprint density at radius 2 is 2.14 bits per heavy atom. The maximum absolute atomic E-state index is 13.0. The predicted molar refractivity (Wildman–Crippen MR) is 50.0 cm³/mol. The first kappa shape index (κ1) is 10.8. The molecule has 0 aliphatic heterocycles. The highest BCUT2D eigenvalue weighted by Crippen LogP contribution is 2.33. The molecule has 0 aromatic heterocycles. The van der Waals surface area contributed by atoms with E-state index in [9.17, 15) is 9.50 Å². The van der Waals surface area contributed by atoms with Gasteiger partial charge in [0.15, 0.2) is 17.3 Å². The van der Waals surface area contributed by atoms with Crippen LogP contribution in [0.2, 0.25) is 0 Å². The summed E-state index contributed by atoms with van der Waals surface area (Å²) >= 11 is 0. The number of ether oxygens (including phenoxy) is 1. The van der Waals surface area contributed by atoms with Gasteiger partial charge in [0, 0.05) is 12.0 Å². The lowest BCUT2D eigenvalue weighted by atomic mass is 10.1. The van der Waals surface area contributed by atoms with Crippen LogP contribution < -0.4 is 4.74 Å². The van der Waals surface area contributed by atoms with E-state index < -0.39 is 11.9 Å². The van der Waals surface area contributed by atoms with Crippen molar-refractivity contribution < 1.29 is 19.3 Å². The molecule has 0 heterocycles. The number of aliphatic hydroxyl groups excluding tert-OH is 1. The molecule has 0 amide bonds. The number of aromatic hydroxyl groups is 1. The molecule has 0 spiro atoms. The minimum Gasteiger partial charge on any atom is -0.504 e. The van der Waals surface area contributed by atoms with Gasteiger partial charge in [0.2, 0.25) is 0 Å². The van der Waals surface area contributed by atoms with Crippen LogP contribution in [0.25, 0.3) is 0 Å². The summed E-state index contributed by atoms with van der Waals surface area (Å²) < 4.78 is 17.7. The highest BCUT2D eigenvalue weighted by Gasteiger charge is 2.14. The zero-order valence-corrected chi connectivity index (χ0v) is 8.12. The van der Waals surface area contributed by atoms with Crippen LogP contribution in [-0.2, 0) is 6.42 Å². The van der Waals surface area contributed by atoms with E-state index in [1.165, 1.54) is 19.2 Å². The first-order valence-corrected chi connectivity index (χ1v) is 4.28. The fraction of sp³-hybridized carbons (Fsp3) is 0.400. The third-order valence-electron chi connectivity index (χ3n) is 1.89. The van der Waals surface area contributed by atoms with E-state index in [0.29, 0.717) is 5.56 Å². The summed E-state index contributed by atoms with van der Waals surface area (Å²) in [6.07, 6.45) is -0.321. The van der Waals surface area contributed by atoms with Gasteiger partial charge in [0.05, 0.1) is 13.2 Å². The summed E-state index contributed by atoms with van der Waals surface area (Å²) in [5, 5.41) is 18.7. The second kappa shape index (κ2) is 4.28. The number of halogens is 1. The highest BCUT2D eigenvalue weighted by atomic mass is 19.1. The Morgan fingerprint density at radius 1 is 1.50 bits per heavy atom. The van der Waals surface area contributed by atoms with E-state index in [-0.39, 0.29) is 17.9 Å². The summed E-state index contributed by atoms with van der Waals surface area (Å²) in [6, 6.07) is 2.64. The Hall–Kier alpha value is -1.29. The maximum atomic E-state index is 13.0. The van der Waals surface area contributed by atoms with E-state index >= 15 is 0 Å². The fourth-order valence-corrected chi connectivity index (χ4v) is 1.26. The number of hydrogen-bond acceptors (Lipinski definition) is 3. The zero-order valence-electron chi connectivity index (χ0n) is 8.12. The van der Waals surface area contributed by atoms with Crippen molar-refractivity contribution >= 4 is 0 Å². The average Bonchev–Trinajstić information content (AvgIpc) is 2.10. The molecule has 0 fully saturated rings. The lowest BCUT2D eigenvalue weighted by Crippen LogP contribution is -2.05. The molecule has 1 unspecified atom stereocenters. The molecule has 2 N–H and O–H groups in total. The minimum atomic E-state index is -0.612. The van der Waals surface area contributed by atoms with Crippen LogP contribution in [0.3, 0.4) is 0 Å². The van der Waals surface area contributed by atoms with Crippen molar-refractivity contribution in [2.75, 3.05) is 7.11 Å². The predicted octanol–water partition coefficient (Wildman–Crippen LogP) is 1.46. The third-order valence-corrected chi connectivity index (χ3v) is 1.89. The number of rotatable bonds is 3. The number of hydrogen-bond donors (Lipinski definition) is 2. The second-order valence-corrected chi connectivity index (χ2v) is 3.14. The maximum Gasteiger partial charge on any atom is 0.196 e. The van der Waals surface area contributed by atoms with E-state index in [4.69, 9.17) is 9.84 Å². The van der Waals surface area contributed by atoms with Crippen LogP contribution in [0, 0.1) is 5.82 Å². The number of phenols is 1. The average molecular weight is 200 g/mol. The second-order valence-electron chi connectivity index (χ2n) is 3.14. The number of aliphatic hydroxyl groups is 1. The Bertz CT molecular complexity index is 323. The van der Waals surface area contributed by atoms with Gasteiger partial charge < -0.3 is 14.9 Å². The molecule has 4 heteroatoms. The number of benzene rings is 1. The Morgan fingerprint density at radius 3 is 2.64 bits per heavy atom. The van der Waals surface area contributed by atoms with Crippen LogP contribution in [-0.4, -0.2) is 23.4 Å².